The largest absolute Gasteiger partial charge is 0.322 e. The van der Waals surface area contributed by atoms with Crippen molar-refractivity contribution in [1.29, 1.82) is 0 Å². The molecular formula is C15H16ClFN2. The number of hydrogen-bond donors (Lipinski definition) is 1. The summed E-state index contributed by atoms with van der Waals surface area (Å²) in [5, 5.41) is 0.391. The van der Waals surface area contributed by atoms with Crippen LogP contribution >= 0.6 is 11.6 Å². The number of halogens is 2. The Morgan fingerprint density at radius 3 is 2.79 bits per heavy atom. The van der Waals surface area contributed by atoms with Gasteiger partial charge in [-0.05, 0) is 42.2 Å². The molecule has 0 aliphatic carbocycles. The Balaban J connectivity index is 2.23. The van der Waals surface area contributed by atoms with Crippen molar-refractivity contribution in [1.82, 2.24) is 4.98 Å². The Bertz CT molecular complexity index is 572. The first-order valence-corrected chi connectivity index (χ1v) is 6.63. The first-order chi connectivity index (χ1) is 9.11. The summed E-state index contributed by atoms with van der Waals surface area (Å²) in [5.74, 6) is -0.322. The summed E-state index contributed by atoms with van der Waals surface area (Å²) in [6, 6.07) is 8.23. The molecule has 0 aliphatic heterocycles. The molecule has 2 nitrogen and oxygen atoms in total. The smallest absolute Gasteiger partial charge is 0.127 e. The van der Waals surface area contributed by atoms with Gasteiger partial charge in [-0.25, -0.2) is 4.39 Å². The van der Waals surface area contributed by atoms with Gasteiger partial charge >= 0.3 is 0 Å². The van der Waals surface area contributed by atoms with Crippen molar-refractivity contribution in [3.05, 3.63) is 64.2 Å². The lowest BCUT2D eigenvalue weighted by Gasteiger charge is -2.15. The molecular weight excluding hydrogens is 263 g/mol. The van der Waals surface area contributed by atoms with Gasteiger partial charge < -0.3 is 5.73 Å². The van der Waals surface area contributed by atoms with Gasteiger partial charge in [-0.15, -0.1) is 0 Å². The maximum Gasteiger partial charge on any atom is 0.127 e. The fourth-order valence-electron chi connectivity index (χ4n) is 2.10. The highest BCUT2D eigenvalue weighted by molar-refractivity contribution is 6.30. The van der Waals surface area contributed by atoms with E-state index in [-0.39, 0.29) is 11.9 Å². The molecule has 0 aliphatic rings. The molecule has 0 amide bonds. The number of aromatic nitrogens is 1. The normalized spacial score (nSPS) is 12.4. The van der Waals surface area contributed by atoms with Gasteiger partial charge in [0.2, 0.25) is 0 Å². The second-order valence-electron chi connectivity index (χ2n) is 4.45. The Morgan fingerprint density at radius 1 is 1.32 bits per heavy atom. The highest BCUT2D eigenvalue weighted by Crippen LogP contribution is 2.21. The van der Waals surface area contributed by atoms with Crippen molar-refractivity contribution >= 4 is 11.6 Å². The highest BCUT2D eigenvalue weighted by Gasteiger charge is 2.14. The van der Waals surface area contributed by atoms with Gasteiger partial charge in [0.25, 0.3) is 0 Å². The minimum Gasteiger partial charge on any atom is -0.322 e. The summed E-state index contributed by atoms with van der Waals surface area (Å²) in [7, 11) is 0. The molecule has 100 valence electrons. The molecule has 2 N–H and O–H groups in total. The third kappa shape index (κ3) is 3.31. The first kappa shape index (κ1) is 14.0. The summed E-state index contributed by atoms with van der Waals surface area (Å²) in [5.41, 5.74) is 8.64. The lowest BCUT2D eigenvalue weighted by atomic mass is 9.99. The molecule has 2 aromatic rings. The molecule has 0 saturated carbocycles. The maximum atomic E-state index is 13.7. The van der Waals surface area contributed by atoms with E-state index in [1.807, 2.05) is 12.1 Å². The quantitative estimate of drug-likeness (QED) is 0.927. The Labute approximate surface area is 117 Å². The molecule has 19 heavy (non-hydrogen) atoms. The van der Waals surface area contributed by atoms with Crippen molar-refractivity contribution < 1.29 is 4.39 Å². The number of nitrogens with two attached hydrogens (primary N) is 1. The third-order valence-corrected chi connectivity index (χ3v) is 3.35. The van der Waals surface area contributed by atoms with Crippen LogP contribution in [0, 0.1) is 5.82 Å². The van der Waals surface area contributed by atoms with Crippen LogP contribution < -0.4 is 5.73 Å². The van der Waals surface area contributed by atoms with Crippen LogP contribution in [0.25, 0.3) is 0 Å². The van der Waals surface area contributed by atoms with E-state index >= 15 is 0 Å². The van der Waals surface area contributed by atoms with E-state index in [1.165, 1.54) is 6.07 Å². The Kier molecular flexibility index (Phi) is 4.51. The molecule has 1 heterocycles. The van der Waals surface area contributed by atoms with Crippen molar-refractivity contribution in [3.63, 3.8) is 0 Å². The standard InChI is InChI=1S/C15H16ClFN2/c1-2-10-4-3-7-19-15(10)14(18)8-11-5-6-12(16)9-13(11)17/h3-7,9,14H,2,8,18H2,1H3. The zero-order chi connectivity index (χ0) is 13.8. The molecule has 0 bridgehead atoms. The predicted octanol–water partition coefficient (Wildman–Crippen LogP) is 3.68. The number of benzene rings is 1. The van der Waals surface area contributed by atoms with E-state index in [2.05, 4.69) is 11.9 Å². The van der Waals surface area contributed by atoms with Gasteiger partial charge in [0.15, 0.2) is 0 Å². The topological polar surface area (TPSA) is 38.9 Å². The third-order valence-electron chi connectivity index (χ3n) is 3.11. The van der Waals surface area contributed by atoms with Gasteiger partial charge in [-0.2, -0.15) is 0 Å². The summed E-state index contributed by atoms with van der Waals surface area (Å²) in [6.07, 6.45) is 2.99. The molecule has 0 saturated heterocycles. The second-order valence-corrected chi connectivity index (χ2v) is 4.88. The van der Waals surface area contributed by atoms with Gasteiger partial charge in [-0.3, -0.25) is 4.98 Å². The SMILES string of the molecule is CCc1cccnc1C(N)Cc1ccc(Cl)cc1F. The molecule has 1 unspecified atom stereocenters. The zero-order valence-corrected chi connectivity index (χ0v) is 11.5. The van der Waals surface area contributed by atoms with Crippen LogP contribution in [-0.4, -0.2) is 4.98 Å². The van der Waals surface area contributed by atoms with Gasteiger partial charge in [-0.1, -0.05) is 30.7 Å². The molecule has 1 aromatic heterocycles. The van der Waals surface area contributed by atoms with Crippen molar-refractivity contribution in [2.45, 2.75) is 25.8 Å². The lowest BCUT2D eigenvalue weighted by Crippen LogP contribution is -2.17. The summed E-state index contributed by atoms with van der Waals surface area (Å²) in [4.78, 5) is 4.32. The number of nitrogens with zero attached hydrogens (tertiary/aromatic N) is 1. The summed E-state index contributed by atoms with van der Waals surface area (Å²) >= 11 is 5.73. The van der Waals surface area contributed by atoms with Crippen molar-refractivity contribution in [3.8, 4) is 0 Å². The number of aryl methyl sites for hydroxylation is 1. The fraction of sp³-hybridized carbons (Fsp3) is 0.267. The minimum absolute atomic E-state index is 0.313. The van der Waals surface area contributed by atoms with Crippen LogP contribution in [0.4, 0.5) is 4.39 Å². The maximum absolute atomic E-state index is 13.7. The van der Waals surface area contributed by atoms with Gasteiger partial charge in [0.05, 0.1) is 11.7 Å². The van der Waals surface area contributed by atoms with Crippen LogP contribution in [-0.2, 0) is 12.8 Å². The van der Waals surface area contributed by atoms with Crippen molar-refractivity contribution in [2.75, 3.05) is 0 Å². The number of pyridine rings is 1. The van der Waals surface area contributed by atoms with Crippen LogP contribution in [0.3, 0.4) is 0 Å². The van der Waals surface area contributed by atoms with Crippen molar-refractivity contribution in [2.24, 2.45) is 5.73 Å². The average Bonchev–Trinajstić information content (AvgIpc) is 2.41. The fourth-order valence-corrected chi connectivity index (χ4v) is 2.26. The van der Waals surface area contributed by atoms with E-state index in [9.17, 15) is 4.39 Å². The van der Waals surface area contributed by atoms with Crippen LogP contribution in [0.2, 0.25) is 5.02 Å². The number of rotatable bonds is 4. The van der Waals surface area contributed by atoms with E-state index in [1.54, 1.807) is 18.3 Å². The van der Waals surface area contributed by atoms with Crippen LogP contribution in [0.1, 0.15) is 29.8 Å². The lowest BCUT2D eigenvalue weighted by molar-refractivity contribution is 0.588. The predicted molar refractivity (Wildman–Crippen MR) is 75.7 cm³/mol. The molecule has 1 atom stereocenters. The monoisotopic (exact) mass is 278 g/mol. The summed E-state index contributed by atoms with van der Waals surface area (Å²) in [6.45, 7) is 2.05. The second kappa shape index (κ2) is 6.13. The Hall–Kier alpha value is -1.45. The number of hydrogen-bond acceptors (Lipinski definition) is 2. The molecule has 0 radical (unpaired) electrons. The van der Waals surface area contributed by atoms with Crippen LogP contribution in [0.5, 0.6) is 0 Å². The van der Waals surface area contributed by atoms with Gasteiger partial charge in [0, 0.05) is 11.2 Å². The summed E-state index contributed by atoms with van der Waals surface area (Å²) < 4.78 is 13.7. The van der Waals surface area contributed by atoms with E-state index in [0.717, 1.165) is 17.7 Å². The Morgan fingerprint density at radius 2 is 2.11 bits per heavy atom. The highest BCUT2D eigenvalue weighted by atomic mass is 35.5. The van der Waals surface area contributed by atoms with Crippen LogP contribution in [0.15, 0.2) is 36.5 Å². The van der Waals surface area contributed by atoms with E-state index < -0.39 is 0 Å². The average molecular weight is 279 g/mol. The van der Waals surface area contributed by atoms with E-state index in [0.29, 0.717) is 17.0 Å². The first-order valence-electron chi connectivity index (χ1n) is 6.25. The molecule has 0 fully saturated rings. The molecule has 1 aromatic carbocycles. The van der Waals surface area contributed by atoms with E-state index in [4.69, 9.17) is 17.3 Å². The molecule has 2 rings (SSSR count). The minimum atomic E-state index is -0.322. The molecule has 0 spiro atoms. The zero-order valence-electron chi connectivity index (χ0n) is 10.7. The van der Waals surface area contributed by atoms with Gasteiger partial charge in [0.1, 0.15) is 5.82 Å². The molecule has 4 heteroatoms.